The Labute approximate surface area is 144 Å². The largest absolute Gasteiger partial charge is 0.469 e. The van der Waals surface area contributed by atoms with Crippen LogP contribution < -0.4 is 10.6 Å². The SMILES string of the molecule is CSCCNC(=NCCCCOC(C)C)NCCc1ccco1. The van der Waals surface area contributed by atoms with Crippen LogP contribution in [0.25, 0.3) is 0 Å². The fraction of sp³-hybridized carbons (Fsp3) is 0.706. The van der Waals surface area contributed by atoms with Gasteiger partial charge in [0, 0.05) is 38.4 Å². The summed E-state index contributed by atoms with van der Waals surface area (Å²) in [5.41, 5.74) is 0. The number of hydrogen-bond donors (Lipinski definition) is 2. The molecule has 0 aliphatic carbocycles. The molecular weight excluding hydrogens is 310 g/mol. The summed E-state index contributed by atoms with van der Waals surface area (Å²) in [6.45, 7) is 7.49. The molecule has 0 spiro atoms. The summed E-state index contributed by atoms with van der Waals surface area (Å²) in [5, 5.41) is 6.73. The van der Waals surface area contributed by atoms with Crippen LogP contribution in [0.15, 0.2) is 27.8 Å². The number of hydrogen-bond acceptors (Lipinski definition) is 4. The number of nitrogens with one attached hydrogen (secondary N) is 2. The number of furan rings is 1. The molecule has 1 aromatic rings. The molecule has 0 radical (unpaired) electrons. The van der Waals surface area contributed by atoms with E-state index in [1.807, 2.05) is 23.9 Å². The van der Waals surface area contributed by atoms with Crippen molar-refractivity contribution in [2.24, 2.45) is 4.99 Å². The van der Waals surface area contributed by atoms with Crippen molar-refractivity contribution in [2.45, 2.75) is 39.2 Å². The lowest BCUT2D eigenvalue weighted by molar-refractivity contribution is 0.0763. The van der Waals surface area contributed by atoms with E-state index in [0.717, 1.165) is 63.0 Å². The topological polar surface area (TPSA) is 58.8 Å². The van der Waals surface area contributed by atoms with E-state index in [-0.39, 0.29) is 0 Å². The normalized spacial score (nSPS) is 11.9. The maximum absolute atomic E-state index is 5.54. The van der Waals surface area contributed by atoms with E-state index in [9.17, 15) is 0 Å². The molecule has 0 saturated heterocycles. The molecule has 0 saturated carbocycles. The zero-order chi connectivity index (χ0) is 16.8. The highest BCUT2D eigenvalue weighted by molar-refractivity contribution is 7.98. The highest BCUT2D eigenvalue weighted by Crippen LogP contribution is 1.99. The second-order valence-electron chi connectivity index (χ2n) is 5.53. The second-order valence-corrected chi connectivity index (χ2v) is 6.52. The molecule has 23 heavy (non-hydrogen) atoms. The Hall–Kier alpha value is -1.14. The van der Waals surface area contributed by atoms with Gasteiger partial charge in [0.25, 0.3) is 0 Å². The molecule has 0 unspecified atom stereocenters. The van der Waals surface area contributed by atoms with Gasteiger partial charge >= 0.3 is 0 Å². The van der Waals surface area contributed by atoms with E-state index >= 15 is 0 Å². The predicted octanol–water partition coefficient (Wildman–Crippen LogP) is 2.93. The van der Waals surface area contributed by atoms with E-state index in [4.69, 9.17) is 9.15 Å². The van der Waals surface area contributed by atoms with Crippen molar-refractivity contribution in [3.63, 3.8) is 0 Å². The van der Waals surface area contributed by atoms with Crippen molar-refractivity contribution in [3.8, 4) is 0 Å². The number of ether oxygens (including phenoxy) is 1. The Morgan fingerprint density at radius 2 is 2.13 bits per heavy atom. The van der Waals surface area contributed by atoms with Gasteiger partial charge in [0.1, 0.15) is 5.76 Å². The summed E-state index contributed by atoms with van der Waals surface area (Å²) in [6, 6.07) is 3.91. The zero-order valence-corrected chi connectivity index (χ0v) is 15.5. The smallest absolute Gasteiger partial charge is 0.191 e. The Morgan fingerprint density at radius 3 is 2.83 bits per heavy atom. The molecule has 0 bridgehead atoms. The molecule has 0 aromatic carbocycles. The standard InChI is InChI=1S/C17H31N3O2S/c1-15(2)21-12-5-4-9-18-17(20-11-14-23-3)19-10-8-16-7-6-13-22-16/h6-7,13,15H,4-5,8-12,14H2,1-3H3,(H2,18,19,20). The van der Waals surface area contributed by atoms with Crippen molar-refractivity contribution >= 4 is 17.7 Å². The number of nitrogens with zero attached hydrogens (tertiary/aromatic N) is 1. The highest BCUT2D eigenvalue weighted by atomic mass is 32.2. The lowest BCUT2D eigenvalue weighted by Gasteiger charge is -2.12. The number of aliphatic imine (C=N–C) groups is 1. The van der Waals surface area contributed by atoms with Crippen molar-refractivity contribution in [1.82, 2.24) is 10.6 Å². The molecule has 0 fully saturated rings. The van der Waals surface area contributed by atoms with Crippen LogP contribution in [0.5, 0.6) is 0 Å². The monoisotopic (exact) mass is 341 g/mol. The van der Waals surface area contributed by atoms with Crippen molar-refractivity contribution in [2.75, 3.05) is 38.2 Å². The summed E-state index contributed by atoms with van der Waals surface area (Å²) in [5.74, 6) is 2.95. The lowest BCUT2D eigenvalue weighted by atomic mass is 10.3. The van der Waals surface area contributed by atoms with Gasteiger partial charge in [-0.1, -0.05) is 0 Å². The third-order valence-corrected chi connectivity index (χ3v) is 3.73. The fourth-order valence-corrected chi connectivity index (χ4v) is 2.23. The lowest BCUT2D eigenvalue weighted by Crippen LogP contribution is -2.39. The quantitative estimate of drug-likeness (QED) is 0.348. The molecule has 1 heterocycles. The maximum Gasteiger partial charge on any atom is 0.191 e. The summed E-state index contributed by atoms with van der Waals surface area (Å²) in [7, 11) is 0. The molecule has 0 aliphatic heterocycles. The van der Waals surface area contributed by atoms with Crippen LogP contribution in [0, 0.1) is 0 Å². The van der Waals surface area contributed by atoms with Crippen molar-refractivity contribution in [1.29, 1.82) is 0 Å². The van der Waals surface area contributed by atoms with Gasteiger partial charge in [0.15, 0.2) is 5.96 Å². The first-order valence-corrected chi connectivity index (χ1v) is 9.77. The van der Waals surface area contributed by atoms with E-state index in [1.165, 1.54) is 0 Å². The molecule has 6 heteroatoms. The second kappa shape index (κ2) is 13.3. The first kappa shape index (κ1) is 19.9. The fourth-order valence-electron chi connectivity index (χ4n) is 1.93. The van der Waals surface area contributed by atoms with Crippen LogP contribution in [0.1, 0.15) is 32.4 Å². The van der Waals surface area contributed by atoms with Gasteiger partial charge in [0.05, 0.1) is 12.4 Å². The third kappa shape index (κ3) is 11.1. The van der Waals surface area contributed by atoms with Gasteiger partial charge in [-0.3, -0.25) is 4.99 Å². The van der Waals surface area contributed by atoms with Crippen LogP contribution in [-0.4, -0.2) is 50.3 Å². The number of unbranched alkanes of at least 4 members (excludes halogenated alkanes) is 1. The Morgan fingerprint density at radius 1 is 1.30 bits per heavy atom. The van der Waals surface area contributed by atoms with Crippen molar-refractivity contribution in [3.05, 3.63) is 24.2 Å². The van der Waals surface area contributed by atoms with Crippen LogP contribution in [0.3, 0.4) is 0 Å². The van der Waals surface area contributed by atoms with Crippen LogP contribution in [-0.2, 0) is 11.2 Å². The average molecular weight is 342 g/mol. The number of thioether (sulfide) groups is 1. The summed E-state index contributed by atoms with van der Waals surface area (Å²) in [4.78, 5) is 4.63. The first-order chi connectivity index (χ1) is 11.2. The van der Waals surface area contributed by atoms with Crippen LogP contribution in [0.2, 0.25) is 0 Å². The first-order valence-electron chi connectivity index (χ1n) is 8.37. The average Bonchev–Trinajstić information content (AvgIpc) is 3.03. The summed E-state index contributed by atoms with van der Waals surface area (Å²) >= 11 is 1.83. The number of guanidine groups is 1. The molecule has 2 N–H and O–H groups in total. The molecule has 5 nitrogen and oxygen atoms in total. The van der Waals surface area contributed by atoms with Crippen LogP contribution >= 0.6 is 11.8 Å². The van der Waals surface area contributed by atoms with Crippen molar-refractivity contribution < 1.29 is 9.15 Å². The molecule has 132 valence electrons. The minimum Gasteiger partial charge on any atom is -0.469 e. The minimum absolute atomic E-state index is 0.311. The Bertz CT molecular complexity index is 408. The van der Waals surface area contributed by atoms with E-state index in [2.05, 4.69) is 35.7 Å². The third-order valence-electron chi connectivity index (χ3n) is 3.12. The molecule has 1 rings (SSSR count). The van der Waals surface area contributed by atoms with Gasteiger partial charge in [-0.15, -0.1) is 0 Å². The highest BCUT2D eigenvalue weighted by Gasteiger charge is 2.00. The number of rotatable bonds is 12. The van der Waals surface area contributed by atoms with Crippen LogP contribution in [0.4, 0.5) is 0 Å². The molecule has 0 amide bonds. The summed E-state index contributed by atoms with van der Waals surface area (Å²) in [6.07, 6.45) is 7.08. The van der Waals surface area contributed by atoms with Gasteiger partial charge in [-0.05, 0) is 45.1 Å². The molecule has 0 atom stereocenters. The zero-order valence-electron chi connectivity index (χ0n) is 14.6. The predicted molar refractivity (Wildman–Crippen MR) is 99.4 cm³/mol. The van der Waals surface area contributed by atoms with E-state index in [0.29, 0.717) is 6.10 Å². The minimum atomic E-state index is 0.311. The van der Waals surface area contributed by atoms with Gasteiger partial charge in [-0.25, -0.2) is 0 Å². The van der Waals surface area contributed by atoms with Gasteiger partial charge in [0.2, 0.25) is 0 Å². The Balaban J connectivity index is 2.24. The van der Waals surface area contributed by atoms with E-state index < -0.39 is 0 Å². The molecule has 0 aliphatic rings. The maximum atomic E-state index is 5.54. The van der Waals surface area contributed by atoms with Gasteiger partial charge in [-0.2, -0.15) is 11.8 Å². The van der Waals surface area contributed by atoms with E-state index in [1.54, 1.807) is 6.26 Å². The Kier molecular flexibility index (Phi) is 11.5. The molecular formula is C17H31N3O2S. The molecule has 1 aromatic heterocycles. The summed E-state index contributed by atoms with van der Waals surface area (Å²) < 4.78 is 10.9. The van der Waals surface area contributed by atoms with Gasteiger partial charge < -0.3 is 19.8 Å².